The first kappa shape index (κ1) is 24.5. The Balaban J connectivity index is 1.60. The predicted octanol–water partition coefficient (Wildman–Crippen LogP) is 3.27. The molecule has 11 heteroatoms. The summed E-state index contributed by atoms with van der Waals surface area (Å²) in [5.74, 6) is -6.64. The molecule has 0 fully saturated rings. The lowest BCUT2D eigenvalue weighted by Gasteiger charge is -2.15. The lowest BCUT2D eigenvalue weighted by Crippen LogP contribution is -2.40. The minimum atomic E-state index is -1.74. The Morgan fingerprint density at radius 1 is 1.06 bits per heavy atom. The zero-order valence-electron chi connectivity index (χ0n) is 18.4. The number of aryl methyl sites for hydroxylation is 1. The fourth-order valence-corrected chi connectivity index (χ4v) is 2.99. The summed E-state index contributed by atoms with van der Waals surface area (Å²) in [6, 6.07) is 8.22. The molecule has 8 nitrogen and oxygen atoms in total. The normalized spacial score (nSPS) is 11.6. The molecule has 2 aromatic carbocycles. The van der Waals surface area contributed by atoms with Crippen LogP contribution >= 0.6 is 0 Å². The number of esters is 1. The number of rotatable bonds is 7. The monoisotopic (exact) mass is 475 g/mol. The molecule has 3 aromatic rings. The van der Waals surface area contributed by atoms with Crippen molar-refractivity contribution >= 4 is 34.4 Å². The molecule has 0 saturated heterocycles. The number of hydrogen-bond donors (Lipinski definition) is 2. The molecule has 0 aliphatic heterocycles. The average Bonchev–Trinajstić information content (AvgIpc) is 2.81. The number of carbonyl (C=O) groups excluding carboxylic acids is 3. The summed E-state index contributed by atoms with van der Waals surface area (Å²) in [5, 5.41) is 4.86. The van der Waals surface area contributed by atoms with Gasteiger partial charge in [-0.3, -0.25) is 14.6 Å². The molecule has 0 radical (unpaired) electrons. The van der Waals surface area contributed by atoms with Crippen molar-refractivity contribution in [3.63, 3.8) is 0 Å². The molecule has 1 heterocycles. The zero-order chi connectivity index (χ0) is 25.0. The largest absolute Gasteiger partial charge is 0.497 e. The summed E-state index contributed by atoms with van der Waals surface area (Å²) in [4.78, 5) is 41.1. The number of anilines is 1. The van der Waals surface area contributed by atoms with Gasteiger partial charge in [-0.1, -0.05) is 0 Å². The van der Waals surface area contributed by atoms with Gasteiger partial charge in [0.1, 0.15) is 5.75 Å². The minimum Gasteiger partial charge on any atom is -0.497 e. The van der Waals surface area contributed by atoms with Gasteiger partial charge >= 0.3 is 5.97 Å². The molecule has 3 rings (SSSR count). The Bertz CT molecular complexity index is 1280. The van der Waals surface area contributed by atoms with E-state index in [-0.39, 0.29) is 5.56 Å². The zero-order valence-corrected chi connectivity index (χ0v) is 18.4. The van der Waals surface area contributed by atoms with Crippen molar-refractivity contribution in [1.29, 1.82) is 0 Å². The van der Waals surface area contributed by atoms with Crippen molar-refractivity contribution in [1.82, 2.24) is 10.3 Å². The molecule has 1 atom stereocenters. The number of hydrogen-bond acceptors (Lipinski definition) is 6. The van der Waals surface area contributed by atoms with Crippen LogP contribution in [0.1, 0.15) is 23.0 Å². The third kappa shape index (κ3) is 5.42. The minimum absolute atomic E-state index is 0.145. The van der Waals surface area contributed by atoms with Gasteiger partial charge in [-0.25, -0.2) is 18.0 Å². The summed E-state index contributed by atoms with van der Waals surface area (Å²) >= 11 is 0. The molecular formula is C23H20F3N3O5. The predicted molar refractivity (Wildman–Crippen MR) is 116 cm³/mol. The molecule has 0 aliphatic rings. The Labute approximate surface area is 192 Å². The number of methoxy groups -OCH3 is 1. The average molecular weight is 475 g/mol. The first-order valence-electron chi connectivity index (χ1n) is 9.98. The van der Waals surface area contributed by atoms with E-state index < -0.39 is 53.6 Å². The summed E-state index contributed by atoms with van der Waals surface area (Å²) in [6.45, 7) is 2.29. The van der Waals surface area contributed by atoms with Gasteiger partial charge in [0.2, 0.25) is 5.91 Å². The fraction of sp³-hybridized carbons (Fsp3) is 0.217. The smallest absolute Gasteiger partial charge is 0.340 e. The van der Waals surface area contributed by atoms with Gasteiger partial charge in [-0.2, -0.15) is 0 Å². The topological polar surface area (TPSA) is 107 Å². The molecule has 34 heavy (non-hydrogen) atoms. The highest BCUT2D eigenvalue weighted by molar-refractivity contribution is 5.98. The summed E-state index contributed by atoms with van der Waals surface area (Å²) in [6.07, 6.45) is -1.28. The van der Waals surface area contributed by atoms with Crippen LogP contribution in [0.2, 0.25) is 0 Å². The van der Waals surface area contributed by atoms with Crippen LogP contribution in [0.25, 0.3) is 10.9 Å². The molecule has 2 N–H and O–H groups in total. The summed E-state index contributed by atoms with van der Waals surface area (Å²) in [5.41, 5.74) is 0.591. The first-order valence-corrected chi connectivity index (χ1v) is 9.98. The standard InChI is InChI=1S/C23H20F3N3O5/c1-11-15(9-13-8-14(33-3)4-6-17(13)28-11)23(32)34-12(2)22(31)27-10-19(30)29-18-7-5-16(24)20(25)21(18)26/h4-9,12H,10H2,1-3H3,(H,27,31)(H,29,30). The number of nitrogens with one attached hydrogen (secondary N) is 2. The van der Waals surface area contributed by atoms with E-state index in [0.29, 0.717) is 28.4 Å². The van der Waals surface area contributed by atoms with E-state index in [9.17, 15) is 27.6 Å². The number of ether oxygens (including phenoxy) is 2. The lowest BCUT2D eigenvalue weighted by atomic mass is 10.1. The SMILES string of the molecule is COc1ccc2nc(C)c(C(=O)OC(C)C(=O)NCC(=O)Nc3ccc(F)c(F)c3F)cc2c1. The molecule has 0 spiro atoms. The number of pyridine rings is 1. The number of aromatic nitrogens is 1. The Hall–Kier alpha value is -4.15. The van der Waals surface area contributed by atoms with E-state index in [1.54, 1.807) is 31.2 Å². The van der Waals surface area contributed by atoms with E-state index in [4.69, 9.17) is 9.47 Å². The van der Waals surface area contributed by atoms with Gasteiger partial charge < -0.3 is 20.1 Å². The second kappa shape index (κ2) is 10.2. The second-order valence-corrected chi connectivity index (χ2v) is 7.22. The molecule has 0 bridgehead atoms. The van der Waals surface area contributed by atoms with E-state index >= 15 is 0 Å². The van der Waals surface area contributed by atoms with Crippen LogP contribution in [0.15, 0.2) is 36.4 Å². The van der Waals surface area contributed by atoms with Crippen LogP contribution in [0.5, 0.6) is 5.75 Å². The molecule has 1 aromatic heterocycles. The number of fused-ring (bicyclic) bond motifs is 1. The van der Waals surface area contributed by atoms with E-state index in [0.717, 1.165) is 6.07 Å². The van der Waals surface area contributed by atoms with E-state index in [1.165, 1.54) is 14.0 Å². The van der Waals surface area contributed by atoms with Crippen molar-refractivity contribution in [3.8, 4) is 5.75 Å². The fourth-order valence-electron chi connectivity index (χ4n) is 2.99. The van der Waals surface area contributed by atoms with Crippen LogP contribution in [0, 0.1) is 24.4 Å². The van der Waals surface area contributed by atoms with E-state index in [1.807, 2.05) is 5.32 Å². The lowest BCUT2D eigenvalue weighted by molar-refractivity contribution is -0.130. The van der Waals surface area contributed by atoms with Gasteiger partial charge in [0, 0.05) is 5.39 Å². The van der Waals surface area contributed by atoms with Crippen LogP contribution < -0.4 is 15.4 Å². The van der Waals surface area contributed by atoms with E-state index in [2.05, 4.69) is 10.3 Å². The number of benzene rings is 2. The van der Waals surface area contributed by atoms with Crippen molar-refractivity contribution in [3.05, 3.63) is 65.1 Å². The highest BCUT2D eigenvalue weighted by Crippen LogP contribution is 2.23. The Kier molecular flexibility index (Phi) is 7.34. The van der Waals surface area contributed by atoms with Gasteiger partial charge in [0.25, 0.3) is 5.91 Å². The van der Waals surface area contributed by atoms with Gasteiger partial charge in [-0.15, -0.1) is 0 Å². The summed E-state index contributed by atoms with van der Waals surface area (Å²) < 4.78 is 50.2. The molecule has 0 saturated carbocycles. The second-order valence-electron chi connectivity index (χ2n) is 7.22. The molecule has 2 amide bonds. The van der Waals surface area contributed by atoms with Crippen molar-refractivity contribution in [2.24, 2.45) is 0 Å². The molecule has 0 aliphatic carbocycles. The van der Waals surface area contributed by atoms with Crippen molar-refractivity contribution in [2.45, 2.75) is 20.0 Å². The maximum Gasteiger partial charge on any atom is 0.340 e. The highest BCUT2D eigenvalue weighted by atomic mass is 19.2. The van der Waals surface area contributed by atoms with Gasteiger partial charge in [0.15, 0.2) is 23.6 Å². The molecule has 178 valence electrons. The van der Waals surface area contributed by atoms with Gasteiger partial charge in [-0.05, 0) is 50.2 Å². The number of carbonyl (C=O) groups is 3. The third-order valence-corrected chi connectivity index (χ3v) is 4.82. The Morgan fingerprint density at radius 2 is 1.79 bits per heavy atom. The summed E-state index contributed by atoms with van der Waals surface area (Å²) in [7, 11) is 1.51. The van der Waals surface area contributed by atoms with Crippen LogP contribution in [-0.2, 0) is 14.3 Å². The number of amides is 2. The quantitative estimate of drug-likeness (QED) is 0.401. The third-order valence-electron chi connectivity index (χ3n) is 4.82. The van der Waals surface area contributed by atoms with Crippen LogP contribution in [0.4, 0.5) is 18.9 Å². The first-order chi connectivity index (χ1) is 16.1. The number of nitrogens with zero attached hydrogens (tertiary/aromatic N) is 1. The van der Waals surface area contributed by atoms with Crippen LogP contribution in [-0.4, -0.2) is 42.5 Å². The number of halogens is 3. The van der Waals surface area contributed by atoms with Gasteiger partial charge in [0.05, 0.1) is 36.1 Å². The maximum atomic E-state index is 13.6. The van der Waals surface area contributed by atoms with Crippen molar-refractivity contribution < 1.29 is 37.0 Å². The maximum absolute atomic E-state index is 13.6. The van der Waals surface area contributed by atoms with Crippen molar-refractivity contribution in [2.75, 3.05) is 19.0 Å². The molecular weight excluding hydrogens is 455 g/mol. The van der Waals surface area contributed by atoms with Crippen LogP contribution in [0.3, 0.4) is 0 Å². The molecule has 1 unspecified atom stereocenters. The Morgan fingerprint density at radius 3 is 2.50 bits per heavy atom. The highest BCUT2D eigenvalue weighted by Gasteiger charge is 2.22.